The van der Waals surface area contributed by atoms with Crippen molar-refractivity contribution in [1.29, 1.82) is 0 Å². The monoisotopic (exact) mass is 221 g/mol. The molecule has 1 aromatic carbocycles. The molecule has 0 radical (unpaired) electrons. The van der Waals surface area contributed by atoms with Crippen LogP contribution in [0.1, 0.15) is 24.3 Å². The molecular weight excluding hydrogens is 202 g/mol. The number of nitrogens with one attached hydrogen (secondary N) is 1. The van der Waals surface area contributed by atoms with Crippen LogP contribution >= 0.6 is 0 Å². The first-order valence-electron chi connectivity index (χ1n) is 5.81. The van der Waals surface area contributed by atoms with Crippen LogP contribution in [0.5, 0.6) is 0 Å². The number of ether oxygens (including phenoxy) is 1. The van der Waals surface area contributed by atoms with Gasteiger partial charge in [0.2, 0.25) is 0 Å². The van der Waals surface area contributed by atoms with Gasteiger partial charge in [-0.05, 0) is 24.3 Å². The summed E-state index contributed by atoms with van der Waals surface area (Å²) in [5.74, 6) is 0.699. The second-order valence-corrected chi connectivity index (χ2v) is 4.24. The number of hydroxylamine groups is 1. The van der Waals surface area contributed by atoms with Crippen LogP contribution in [0, 0.1) is 0 Å². The van der Waals surface area contributed by atoms with Crippen molar-refractivity contribution in [2.45, 2.75) is 24.8 Å². The molecule has 1 N–H and O–H groups in total. The molecule has 3 heteroatoms. The lowest BCUT2D eigenvalue weighted by atomic mass is 9.76. The summed E-state index contributed by atoms with van der Waals surface area (Å²) in [6.07, 6.45) is 2.33. The van der Waals surface area contributed by atoms with Gasteiger partial charge in [-0.3, -0.25) is 4.84 Å². The van der Waals surface area contributed by atoms with E-state index in [9.17, 15) is 0 Å². The molecule has 1 saturated carbocycles. The SMILES string of the molecule is COCCONC1CC(c2ccccc2)C1. The van der Waals surface area contributed by atoms with E-state index in [4.69, 9.17) is 9.57 Å². The van der Waals surface area contributed by atoms with Crippen molar-refractivity contribution >= 4 is 0 Å². The molecule has 3 nitrogen and oxygen atoms in total. The molecule has 0 atom stereocenters. The quantitative estimate of drug-likeness (QED) is 0.589. The Morgan fingerprint density at radius 3 is 2.62 bits per heavy atom. The Hall–Kier alpha value is -0.900. The van der Waals surface area contributed by atoms with Crippen LogP contribution in [-0.4, -0.2) is 26.4 Å². The van der Waals surface area contributed by atoms with Crippen LogP contribution in [-0.2, 0) is 9.57 Å². The van der Waals surface area contributed by atoms with Gasteiger partial charge in [0.1, 0.15) is 0 Å². The maximum Gasteiger partial charge on any atom is 0.0915 e. The van der Waals surface area contributed by atoms with Gasteiger partial charge < -0.3 is 4.74 Å². The minimum absolute atomic E-state index is 0.502. The Labute approximate surface area is 96.7 Å². The number of benzene rings is 1. The average molecular weight is 221 g/mol. The van der Waals surface area contributed by atoms with Crippen molar-refractivity contribution in [3.05, 3.63) is 35.9 Å². The number of hydrogen-bond acceptors (Lipinski definition) is 3. The van der Waals surface area contributed by atoms with E-state index in [2.05, 4.69) is 35.8 Å². The summed E-state index contributed by atoms with van der Waals surface area (Å²) < 4.78 is 4.90. The van der Waals surface area contributed by atoms with E-state index in [1.54, 1.807) is 7.11 Å². The smallest absolute Gasteiger partial charge is 0.0915 e. The largest absolute Gasteiger partial charge is 0.382 e. The highest BCUT2D eigenvalue weighted by molar-refractivity contribution is 5.22. The van der Waals surface area contributed by atoms with Gasteiger partial charge in [-0.15, -0.1) is 0 Å². The second kappa shape index (κ2) is 5.99. The van der Waals surface area contributed by atoms with Gasteiger partial charge in [-0.25, -0.2) is 0 Å². The topological polar surface area (TPSA) is 30.5 Å². The van der Waals surface area contributed by atoms with E-state index in [-0.39, 0.29) is 0 Å². The molecule has 0 aliphatic heterocycles. The van der Waals surface area contributed by atoms with E-state index >= 15 is 0 Å². The molecule has 0 saturated heterocycles. The number of hydrogen-bond donors (Lipinski definition) is 1. The molecule has 0 bridgehead atoms. The molecule has 0 aromatic heterocycles. The fraction of sp³-hybridized carbons (Fsp3) is 0.538. The van der Waals surface area contributed by atoms with Crippen LogP contribution in [0.2, 0.25) is 0 Å². The van der Waals surface area contributed by atoms with Crippen LogP contribution in [0.3, 0.4) is 0 Å². The van der Waals surface area contributed by atoms with Crippen molar-refractivity contribution in [3.63, 3.8) is 0 Å². The first-order valence-corrected chi connectivity index (χ1v) is 5.81. The third kappa shape index (κ3) is 3.04. The molecule has 0 unspecified atom stereocenters. The first kappa shape index (κ1) is 11.6. The molecule has 1 aromatic rings. The highest BCUT2D eigenvalue weighted by atomic mass is 16.7. The molecule has 0 spiro atoms. The van der Waals surface area contributed by atoms with Crippen molar-refractivity contribution < 1.29 is 9.57 Å². The third-order valence-corrected chi connectivity index (χ3v) is 3.05. The zero-order valence-electron chi connectivity index (χ0n) is 9.69. The summed E-state index contributed by atoms with van der Waals surface area (Å²) in [5.41, 5.74) is 4.52. The van der Waals surface area contributed by atoms with Gasteiger partial charge >= 0.3 is 0 Å². The van der Waals surface area contributed by atoms with E-state index in [0.29, 0.717) is 25.2 Å². The molecule has 0 heterocycles. The first-order chi connectivity index (χ1) is 7.90. The molecule has 1 fully saturated rings. The zero-order chi connectivity index (χ0) is 11.2. The summed E-state index contributed by atoms with van der Waals surface area (Å²) in [6.45, 7) is 1.25. The average Bonchev–Trinajstić information content (AvgIpc) is 2.28. The summed E-state index contributed by atoms with van der Waals surface area (Å²) >= 11 is 0. The predicted octanol–water partition coefficient (Wildman–Crippen LogP) is 2.10. The van der Waals surface area contributed by atoms with E-state index in [0.717, 1.165) is 12.8 Å². The molecule has 1 aliphatic carbocycles. The van der Waals surface area contributed by atoms with Crippen LogP contribution in [0.15, 0.2) is 30.3 Å². The summed E-state index contributed by atoms with van der Waals surface area (Å²) in [5, 5.41) is 0. The lowest BCUT2D eigenvalue weighted by Crippen LogP contribution is -2.40. The van der Waals surface area contributed by atoms with Crippen LogP contribution in [0.4, 0.5) is 0 Å². The van der Waals surface area contributed by atoms with Gasteiger partial charge in [0.15, 0.2) is 0 Å². The minimum atomic E-state index is 0.502. The highest BCUT2D eigenvalue weighted by Gasteiger charge is 2.30. The van der Waals surface area contributed by atoms with Gasteiger partial charge in [0.05, 0.1) is 13.2 Å². The van der Waals surface area contributed by atoms with E-state index < -0.39 is 0 Å². The Morgan fingerprint density at radius 1 is 1.19 bits per heavy atom. The normalized spacial score (nSPS) is 24.1. The standard InChI is InChI=1S/C13H19NO2/c1-15-7-8-16-14-13-9-12(10-13)11-5-3-2-4-6-11/h2-6,12-14H,7-10H2,1H3. The van der Waals surface area contributed by atoms with Crippen molar-refractivity contribution in [2.75, 3.05) is 20.3 Å². The number of methoxy groups -OCH3 is 1. The Balaban J connectivity index is 1.63. The minimum Gasteiger partial charge on any atom is -0.382 e. The third-order valence-electron chi connectivity index (χ3n) is 3.05. The molecule has 0 amide bonds. The summed E-state index contributed by atoms with van der Waals surface area (Å²) in [6, 6.07) is 11.2. The maximum atomic E-state index is 5.29. The second-order valence-electron chi connectivity index (χ2n) is 4.24. The van der Waals surface area contributed by atoms with Crippen LogP contribution < -0.4 is 5.48 Å². The Kier molecular flexibility index (Phi) is 4.34. The molecular formula is C13H19NO2. The maximum absolute atomic E-state index is 5.29. The van der Waals surface area contributed by atoms with E-state index in [1.807, 2.05) is 0 Å². The summed E-state index contributed by atoms with van der Waals surface area (Å²) in [7, 11) is 1.68. The fourth-order valence-corrected chi connectivity index (χ4v) is 2.01. The van der Waals surface area contributed by atoms with E-state index in [1.165, 1.54) is 5.56 Å². The van der Waals surface area contributed by atoms with Gasteiger partial charge in [0, 0.05) is 13.2 Å². The molecule has 16 heavy (non-hydrogen) atoms. The van der Waals surface area contributed by atoms with Crippen molar-refractivity contribution in [1.82, 2.24) is 5.48 Å². The predicted molar refractivity (Wildman–Crippen MR) is 63.2 cm³/mol. The lowest BCUT2D eigenvalue weighted by Gasteiger charge is -2.35. The zero-order valence-corrected chi connectivity index (χ0v) is 9.69. The molecule has 2 rings (SSSR count). The van der Waals surface area contributed by atoms with Crippen molar-refractivity contribution in [2.24, 2.45) is 0 Å². The number of rotatable bonds is 6. The highest BCUT2D eigenvalue weighted by Crippen LogP contribution is 2.36. The van der Waals surface area contributed by atoms with Crippen molar-refractivity contribution in [3.8, 4) is 0 Å². The lowest BCUT2D eigenvalue weighted by molar-refractivity contribution is -0.0303. The van der Waals surface area contributed by atoms with Gasteiger partial charge in [-0.2, -0.15) is 5.48 Å². The fourth-order valence-electron chi connectivity index (χ4n) is 2.01. The molecule has 88 valence electrons. The molecule has 1 aliphatic rings. The van der Waals surface area contributed by atoms with Crippen LogP contribution in [0.25, 0.3) is 0 Å². The Morgan fingerprint density at radius 2 is 1.94 bits per heavy atom. The van der Waals surface area contributed by atoms with Gasteiger partial charge in [0.25, 0.3) is 0 Å². The van der Waals surface area contributed by atoms with Gasteiger partial charge in [-0.1, -0.05) is 30.3 Å². The Bertz CT molecular complexity index is 296. The summed E-state index contributed by atoms with van der Waals surface area (Å²) in [4.78, 5) is 5.29.